The third kappa shape index (κ3) is 2.78. The predicted octanol–water partition coefficient (Wildman–Crippen LogP) is 4.30. The van der Waals surface area contributed by atoms with Gasteiger partial charge in [0.25, 0.3) is 5.91 Å². The molecule has 3 nitrogen and oxygen atoms in total. The maximum atomic E-state index is 13.2. The number of thiazole rings is 1. The molecule has 0 bridgehead atoms. The molecule has 0 atom stereocenters. The highest BCUT2D eigenvalue weighted by atomic mass is 32.1. The Kier molecular flexibility index (Phi) is 3.43. The van der Waals surface area contributed by atoms with Gasteiger partial charge in [-0.1, -0.05) is 29.0 Å². The highest BCUT2D eigenvalue weighted by molar-refractivity contribution is 7.22. The number of aromatic nitrogens is 1. The second-order valence-electron chi connectivity index (χ2n) is 4.90. The number of hydrogen-bond donors (Lipinski definition) is 1. The molecule has 106 valence electrons. The van der Waals surface area contributed by atoms with Crippen LogP contribution in [0.2, 0.25) is 0 Å². The van der Waals surface area contributed by atoms with Crippen molar-refractivity contribution in [1.29, 1.82) is 0 Å². The van der Waals surface area contributed by atoms with Crippen molar-refractivity contribution in [3.05, 3.63) is 58.9 Å². The van der Waals surface area contributed by atoms with E-state index in [-0.39, 0.29) is 11.7 Å². The average molecular weight is 300 g/mol. The van der Waals surface area contributed by atoms with Crippen molar-refractivity contribution in [3.8, 4) is 0 Å². The number of carbonyl (C=O) groups excluding carboxylic acids is 1. The van der Waals surface area contributed by atoms with E-state index in [9.17, 15) is 9.18 Å². The minimum atomic E-state index is -0.307. The molecule has 0 spiro atoms. The molecule has 0 aliphatic carbocycles. The van der Waals surface area contributed by atoms with E-state index < -0.39 is 0 Å². The van der Waals surface area contributed by atoms with Gasteiger partial charge in [0.05, 0.1) is 10.2 Å². The van der Waals surface area contributed by atoms with Crippen molar-refractivity contribution < 1.29 is 9.18 Å². The number of rotatable bonds is 2. The number of halogens is 1. The smallest absolute Gasteiger partial charge is 0.257 e. The van der Waals surface area contributed by atoms with E-state index in [1.54, 1.807) is 6.07 Å². The minimum Gasteiger partial charge on any atom is -0.298 e. The molecular weight excluding hydrogens is 287 g/mol. The molecule has 1 N–H and O–H groups in total. The van der Waals surface area contributed by atoms with Crippen LogP contribution in [-0.2, 0) is 0 Å². The molecule has 3 rings (SSSR count). The van der Waals surface area contributed by atoms with Gasteiger partial charge in [0, 0.05) is 5.56 Å². The zero-order valence-corrected chi connectivity index (χ0v) is 12.4. The van der Waals surface area contributed by atoms with Crippen molar-refractivity contribution in [3.63, 3.8) is 0 Å². The van der Waals surface area contributed by atoms with E-state index in [4.69, 9.17) is 0 Å². The van der Waals surface area contributed by atoms with Crippen LogP contribution >= 0.6 is 11.3 Å². The van der Waals surface area contributed by atoms with Gasteiger partial charge < -0.3 is 0 Å². The lowest BCUT2D eigenvalue weighted by molar-refractivity contribution is 0.102. The fraction of sp³-hybridized carbons (Fsp3) is 0.125. The standard InChI is InChI=1S/C16H13FN2OS/c1-9-3-4-10(2)12(7-9)15(20)19-16-18-13-6-5-11(17)8-14(13)21-16/h3-8H,1-2H3,(H,18,19,20). The molecule has 0 fully saturated rings. The number of amides is 1. The van der Waals surface area contributed by atoms with Gasteiger partial charge >= 0.3 is 0 Å². The maximum Gasteiger partial charge on any atom is 0.257 e. The lowest BCUT2D eigenvalue weighted by Crippen LogP contribution is -2.13. The van der Waals surface area contributed by atoms with Gasteiger partial charge in [-0.3, -0.25) is 10.1 Å². The van der Waals surface area contributed by atoms with Crippen molar-refractivity contribution in [1.82, 2.24) is 4.98 Å². The quantitative estimate of drug-likeness (QED) is 0.766. The summed E-state index contributed by atoms with van der Waals surface area (Å²) in [5.41, 5.74) is 3.24. The zero-order valence-electron chi connectivity index (χ0n) is 11.6. The second kappa shape index (κ2) is 5.26. The molecule has 2 aromatic carbocycles. The van der Waals surface area contributed by atoms with Crippen LogP contribution in [0.25, 0.3) is 10.2 Å². The first-order chi connectivity index (χ1) is 10.0. The molecule has 21 heavy (non-hydrogen) atoms. The second-order valence-corrected chi connectivity index (χ2v) is 5.93. The van der Waals surface area contributed by atoms with Crippen LogP contribution in [0.4, 0.5) is 9.52 Å². The predicted molar refractivity (Wildman–Crippen MR) is 83.4 cm³/mol. The van der Waals surface area contributed by atoms with Crippen LogP contribution < -0.4 is 5.32 Å². The molecule has 0 saturated heterocycles. The highest BCUT2D eigenvalue weighted by Gasteiger charge is 2.12. The number of fused-ring (bicyclic) bond motifs is 1. The summed E-state index contributed by atoms with van der Waals surface area (Å²) in [7, 11) is 0. The summed E-state index contributed by atoms with van der Waals surface area (Å²) in [4.78, 5) is 16.6. The van der Waals surface area contributed by atoms with Crippen molar-refractivity contribution >= 4 is 32.6 Å². The molecule has 0 aliphatic heterocycles. The largest absolute Gasteiger partial charge is 0.298 e. The Morgan fingerprint density at radius 3 is 2.81 bits per heavy atom. The van der Waals surface area contributed by atoms with Crippen LogP contribution in [0.3, 0.4) is 0 Å². The molecule has 5 heteroatoms. The Morgan fingerprint density at radius 1 is 1.19 bits per heavy atom. The lowest BCUT2D eigenvalue weighted by atomic mass is 10.1. The van der Waals surface area contributed by atoms with Gasteiger partial charge in [-0.15, -0.1) is 0 Å². The average Bonchev–Trinajstić information content (AvgIpc) is 2.82. The molecule has 3 aromatic rings. The number of anilines is 1. The molecule has 0 radical (unpaired) electrons. The number of benzene rings is 2. The maximum absolute atomic E-state index is 13.2. The van der Waals surface area contributed by atoms with Crippen LogP contribution in [0, 0.1) is 19.7 Å². The summed E-state index contributed by atoms with van der Waals surface area (Å²) in [5.74, 6) is -0.505. The third-order valence-corrected chi connectivity index (χ3v) is 4.14. The number of hydrogen-bond acceptors (Lipinski definition) is 3. The fourth-order valence-corrected chi connectivity index (χ4v) is 2.98. The summed E-state index contributed by atoms with van der Waals surface area (Å²) in [5, 5.41) is 3.25. The Morgan fingerprint density at radius 2 is 2.00 bits per heavy atom. The molecular formula is C16H13FN2OS. The zero-order chi connectivity index (χ0) is 15.0. The lowest BCUT2D eigenvalue weighted by Gasteiger charge is -2.06. The highest BCUT2D eigenvalue weighted by Crippen LogP contribution is 2.27. The van der Waals surface area contributed by atoms with Crippen LogP contribution in [0.1, 0.15) is 21.5 Å². The molecule has 1 heterocycles. The van der Waals surface area contributed by atoms with Gasteiger partial charge in [0.2, 0.25) is 0 Å². The van der Waals surface area contributed by atoms with Gasteiger partial charge in [0.1, 0.15) is 5.82 Å². The van der Waals surface area contributed by atoms with Crippen LogP contribution in [0.5, 0.6) is 0 Å². The third-order valence-electron chi connectivity index (χ3n) is 3.21. The Labute approximate surface area is 125 Å². The Bertz CT molecular complexity index is 841. The van der Waals surface area contributed by atoms with Crippen LogP contribution in [0.15, 0.2) is 36.4 Å². The summed E-state index contributed by atoms with van der Waals surface area (Å²) >= 11 is 1.26. The topological polar surface area (TPSA) is 42.0 Å². The summed E-state index contributed by atoms with van der Waals surface area (Å²) < 4.78 is 13.9. The first kappa shape index (κ1) is 13.7. The van der Waals surface area contributed by atoms with E-state index in [0.29, 0.717) is 20.9 Å². The van der Waals surface area contributed by atoms with Crippen molar-refractivity contribution in [2.75, 3.05) is 5.32 Å². The summed E-state index contributed by atoms with van der Waals surface area (Å²) in [6.45, 7) is 3.83. The molecule has 0 aliphatic rings. The summed E-state index contributed by atoms with van der Waals surface area (Å²) in [6.07, 6.45) is 0. The van der Waals surface area contributed by atoms with Gasteiger partial charge in [-0.2, -0.15) is 0 Å². The van der Waals surface area contributed by atoms with Crippen molar-refractivity contribution in [2.45, 2.75) is 13.8 Å². The Balaban J connectivity index is 1.90. The normalized spacial score (nSPS) is 10.8. The van der Waals surface area contributed by atoms with Crippen molar-refractivity contribution in [2.24, 2.45) is 0 Å². The number of nitrogens with one attached hydrogen (secondary N) is 1. The van der Waals surface area contributed by atoms with Crippen LogP contribution in [-0.4, -0.2) is 10.9 Å². The molecule has 1 amide bonds. The van der Waals surface area contributed by atoms with Gasteiger partial charge in [-0.05, 0) is 43.7 Å². The van der Waals surface area contributed by atoms with E-state index in [1.807, 2.05) is 32.0 Å². The molecule has 0 saturated carbocycles. The van der Waals surface area contributed by atoms with Gasteiger partial charge in [-0.25, -0.2) is 9.37 Å². The number of carbonyl (C=O) groups is 1. The number of nitrogens with zero attached hydrogens (tertiary/aromatic N) is 1. The monoisotopic (exact) mass is 300 g/mol. The Hall–Kier alpha value is -2.27. The first-order valence-corrected chi connectivity index (χ1v) is 7.29. The SMILES string of the molecule is Cc1ccc(C)c(C(=O)Nc2nc3ccc(F)cc3s2)c1. The number of aryl methyl sites for hydroxylation is 2. The van der Waals surface area contributed by atoms with E-state index in [0.717, 1.165) is 11.1 Å². The molecule has 1 aromatic heterocycles. The van der Waals surface area contributed by atoms with Gasteiger partial charge in [0.15, 0.2) is 5.13 Å². The summed E-state index contributed by atoms with van der Waals surface area (Å²) in [6, 6.07) is 10.1. The van der Waals surface area contributed by atoms with E-state index in [2.05, 4.69) is 10.3 Å². The minimum absolute atomic E-state index is 0.198. The van der Waals surface area contributed by atoms with E-state index in [1.165, 1.54) is 23.5 Å². The fourth-order valence-electron chi connectivity index (χ4n) is 2.10. The molecule has 0 unspecified atom stereocenters. The van der Waals surface area contributed by atoms with E-state index >= 15 is 0 Å². The first-order valence-electron chi connectivity index (χ1n) is 6.47.